The minimum absolute atomic E-state index is 0.185. The van der Waals surface area contributed by atoms with Crippen molar-refractivity contribution in [1.29, 1.82) is 0 Å². The highest BCUT2D eigenvalue weighted by Gasteiger charge is 2.23. The fourth-order valence-corrected chi connectivity index (χ4v) is 8.61. The number of nitrogens with one attached hydrogen (secondary N) is 2. The standard InChI is InChI=1S/C54H60N2O11/c1-32-11-13-43(14-12-32)56-54(57)55-15-16-67-53-31-41-20-39-28-48(62-6)37(26-49(39)63-7)18-35-24-44(58-2)33(22-45(35)59-3)17-34-23-47(61-5)36(25-46(34)60-4)19-38-27-51(65-9)40(29-50(38)64-8)21-42(53)30-52(41)66-10/h11-14,22-31H,15-21H2,1-10H3,(H2,55,56,57). The molecule has 0 fully saturated rings. The van der Waals surface area contributed by atoms with Crippen LogP contribution in [0.3, 0.4) is 0 Å². The van der Waals surface area contributed by atoms with Crippen LogP contribution in [0.15, 0.2) is 84.9 Å². The van der Waals surface area contributed by atoms with Crippen molar-refractivity contribution >= 4 is 11.7 Å². The van der Waals surface area contributed by atoms with E-state index in [0.717, 1.165) is 61.2 Å². The van der Waals surface area contributed by atoms with E-state index in [-0.39, 0.29) is 19.2 Å². The lowest BCUT2D eigenvalue weighted by molar-refractivity contribution is 0.247. The van der Waals surface area contributed by atoms with E-state index in [4.69, 9.17) is 47.4 Å². The molecule has 0 aliphatic heterocycles. The summed E-state index contributed by atoms with van der Waals surface area (Å²) in [5.74, 6) is 6.70. The average molecular weight is 913 g/mol. The minimum atomic E-state index is -0.334. The molecule has 16 rings (SSSR count). The second-order valence-corrected chi connectivity index (χ2v) is 16.2. The molecule has 0 radical (unpaired) electrons. The van der Waals surface area contributed by atoms with Crippen LogP contribution in [0.25, 0.3) is 0 Å². The zero-order chi connectivity index (χ0) is 47.6. The number of benzene rings is 6. The maximum absolute atomic E-state index is 12.8. The normalized spacial score (nSPS) is 11.9. The molecule has 6 aromatic carbocycles. The number of anilines is 1. The monoisotopic (exact) mass is 912 g/mol. The summed E-state index contributed by atoms with van der Waals surface area (Å²) in [7, 11) is 14.9. The van der Waals surface area contributed by atoms with Crippen LogP contribution >= 0.6 is 0 Å². The van der Waals surface area contributed by atoms with Crippen molar-refractivity contribution in [1.82, 2.24) is 5.32 Å². The molecule has 6 aromatic rings. The summed E-state index contributed by atoms with van der Waals surface area (Å²) in [6.45, 7) is 2.42. The lowest BCUT2D eigenvalue weighted by atomic mass is 9.94. The van der Waals surface area contributed by atoms with Crippen LogP contribution in [-0.4, -0.2) is 83.2 Å². The molecule has 2 amide bonds. The Morgan fingerprint density at radius 2 is 0.627 bits per heavy atom. The zero-order valence-electron chi connectivity index (χ0n) is 40.0. The molecule has 13 nitrogen and oxygen atoms in total. The summed E-state index contributed by atoms with van der Waals surface area (Å²) in [6.07, 6.45) is 2.22. The first-order valence-electron chi connectivity index (χ1n) is 21.9. The Morgan fingerprint density at radius 3 is 0.881 bits per heavy atom. The minimum Gasteiger partial charge on any atom is -0.496 e. The van der Waals surface area contributed by atoms with Crippen LogP contribution in [0, 0.1) is 6.92 Å². The third-order valence-corrected chi connectivity index (χ3v) is 12.1. The van der Waals surface area contributed by atoms with Crippen molar-refractivity contribution in [2.45, 2.75) is 39.0 Å². The quantitative estimate of drug-likeness (QED) is 0.101. The highest BCUT2D eigenvalue weighted by atomic mass is 16.5. The van der Waals surface area contributed by atoms with Gasteiger partial charge in [-0.2, -0.15) is 0 Å². The highest BCUT2D eigenvalue weighted by Crippen LogP contribution is 2.42. The topological polar surface area (TPSA) is 133 Å². The summed E-state index contributed by atoms with van der Waals surface area (Å²) >= 11 is 0. The van der Waals surface area contributed by atoms with Gasteiger partial charge in [-0.05, 0) is 79.7 Å². The number of amides is 2. The van der Waals surface area contributed by atoms with E-state index in [1.807, 2.05) is 91.9 Å². The van der Waals surface area contributed by atoms with Crippen LogP contribution in [0.2, 0.25) is 0 Å². The largest absolute Gasteiger partial charge is 0.496 e. The molecule has 352 valence electrons. The summed E-state index contributed by atoms with van der Waals surface area (Å²) < 4.78 is 61.0. The van der Waals surface area contributed by atoms with Crippen LogP contribution in [0.1, 0.15) is 61.2 Å². The van der Waals surface area contributed by atoms with Gasteiger partial charge in [-0.25, -0.2) is 4.79 Å². The zero-order valence-corrected chi connectivity index (χ0v) is 40.0. The van der Waals surface area contributed by atoms with E-state index in [9.17, 15) is 4.79 Å². The van der Waals surface area contributed by atoms with Gasteiger partial charge in [-0.15, -0.1) is 0 Å². The van der Waals surface area contributed by atoms with Gasteiger partial charge in [0.05, 0.1) is 70.5 Å². The van der Waals surface area contributed by atoms with Crippen LogP contribution in [-0.2, 0) is 32.1 Å². The number of aryl methyl sites for hydroxylation is 1. The van der Waals surface area contributed by atoms with Crippen molar-refractivity contribution in [3.63, 3.8) is 0 Å². The molecule has 10 bridgehead atoms. The van der Waals surface area contributed by atoms with E-state index in [0.29, 0.717) is 95.3 Å². The highest BCUT2D eigenvalue weighted by molar-refractivity contribution is 5.89. The Hall–Kier alpha value is -7.41. The first-order chi connectivity index (χ1) is 32.5. The van der Waals surface area contributed by atoms with E-state index in [1.165, 1.54) is 0 Å². The number of urea groups is 1. The van der Waals surface area contributed by atoms with E-state index in [2.05, 4.69) is 10.6 Å². The smallest absolute Gasteiger partial charge is 0.319 e. The molecule has 67 heavy (non-hydrogen) atoms. The number of methoxy groups -OCH3 is 9. The summed E-state index contributed by atoms with van der Waals surface area (Å²) in [5.41, 5.74) is 10.6. The van der Waals surface area contributed by atoms with Crippen LogP contribution < -0.4 is 58.0 Å². The van der Waals surface area contributed by atoms with Gasteiger partial charge in [0, 0.05) is 93.4 Å². The van der Waals surface area contributed by atoms with Gasteiger partial charge < -0.3 is 58.0 Å². The fraction of sp³-hybridized carbons (Fsp3) is 0.315. The maximum atomic E-state index is 12.8. The molecule has 10 aliphatic rings. The number of carbonyl (C=O) groups is 1. The average Bonchev–Trinajstić information content (AvgIpc) is 3.34. The first-order valence-corrected chi connectivity index (χ1v) is 21.9. The summed E-state index contributed by atoms with van der Waals surface area (Å²) in [4.78, 5) is 12.8. The van der Waals surface area contributed by atoms with Gasteiger partial charge in [-0.1, -0.05) is 17.7 Å². The molecule has 10 aliphatic carbocycles. The van der Waals surface area contributed by atoms with Gasteiger partial charge in [-0.3, -0.25) is 0 Å². The van der Waals surface area contributed by atoms with E-state index in [1.54, 1.807) is 64.0 Å². The van der Waals surface area contributed by atoms with Gasteiger partial charge in [0.2, 0.25) is 0 Å². The predicted molar refractivity (Wildman–Crippen MR) is 259 cm³/mol. The molecular formula is C54H60N2O11. The van der Waals surface area contributed by atoms with Gasteiger partial charge >= 0.3 is 6.03 Å². The third kappa shape index (κ3) is 10.8. The van der Waals surface area contributed by atoms with E-state index < -0.39 is 0 Å². The molecule has 0 spiro atoms. The number of carbonyl (C=O) groups excluding carboxylic acids is 1. The van der Waals surface area contributed by atoms with Crippen molar-refractivity contribution in [3.8, 4) is 57.5 Å². The van der Waals surface area contributed by atoms with Gasteiger partial charge in [0.1, 0.15) is 64.1 Å². The molecule has 0 saturated heterocycles. The molecule has 0 unspecified atom stereocenters. The Balaban J connectivity index is 1.36. The summed E-state index contributed by atoms with van der Waals surface area (Å²) in [5, 5.41) is 5.78. The van der Waals surface area contributed by atoms with Crippen LogP contribution in [0.5, 0.6) is 57.5 Å². The second-order valence-electron chi connectivity index (χ2n) is 16.2. The maximum Gasteiger partial charge on any atom is 0.319 e. The molecule has 13 heteroatoms. The van der Waals surface area contributed by atoms with Gasteiger partial charge in [0.25, 0.3) is 0 Å². The molecule has 2 N–H and O–H groups in total. The predicted octanol–water partition coefficient (Wildman–Crippen LogP) is 9.54. The summed E-state index contributed by atoms with van der Waals surface area (Å²) in [6, 6.07) is 27.3. The number of rotatable bonds is 14. The third-order valence-electron chi connectivity index (χ3n) is 12.1. The molecule has 0 aromatic heterocycles. The second kappa shape index (κ2) is 21.7. The molecular weight excluding hydrogens is 853 g/mol. The molecule has 0 saturated carbocycles. The fourth-order valence-electron chi connectivity index (χ4n) is 8.61. The Morgan fingerprint density at radius 1 is 0.388 bits per heavy atom. The van der Waals surface area contributed by atoms with Crippen molar-refractivity contribution < 1.29 is 52.2 Å². The lowest BCUT2D eigenvalue weighted by Gasteiger charge is -2.20. The van der Waals surface area contributed by atoms with Crippen molar-refractivity contribution in [3.05, 3.63) is 146 Å². The Labute approximate surface area is 393 Å². The SMILES string of the molecule is COc1cc2c(OC)cc1Cc1cc(OC)c(cc1OC)Cc1cc(OC)c(cc1OC)Cc1cc(OC)c(cc1OCCNC(=O)Nc1ccc(C)cc1)Cc1cc(OC)c(cc1OC)C2. The first kappa shape index (κ1) is 47.5. The Bertz CT molecular complexity index is 2710. The molecule has 0 heterocycles. The van der Waals surface area contributed by atoms with Crippen LogP contribution in [0.4, 0.5) is 10.5 Å². The van der Waals surface area contributed by atoms with Crippen molar-refractivity contribution in [2.24, 2.45) is 0 Å². The Kier molecular flexibility index (Phi) is 15.4. The van der Waals surface area contributed by atoms with Gasteiger partial charge in [0.15, 0.2) is 0 Å². The van der Waals surface area contributed by atoms with Crippen molar-refractivity contribution in [2.75, 3.05) is 82.5 Å². The lowest BCUT2D eigenvalue weighted by Crippen LogP contribution is -2.32. The van der Waals surface area contributed by atoms with E-state index >= 15 is 0 Å². The number of ether oxygens (including phenoxy) is 10. The number of hydrogen-bond donors (Lipinski definition) is 2. The molecule has 0 atom stereocenters. The number of hydrogen-bond acceptors (Lipinski definition) is 11.